The van der Waals surface area contributed by atoms with Crippen molar-refractivity contribution in [3.63, 3.8) is 0 Å². The van der Waals surface area contributed by atoms with Crippen LogP contribution in [-0.2, 0) is 4.84 Å². The molecule has 0 atom stereocenters. The molecule has 2 heteroatoms. The Morgan fingerprint density at radius 1 is 1.14 bits per heavy atom. The van der Waals surface area contributed by atoms with Crippen molar-refractivity contribution in [2.24, 2.45) is 0 Å². The molecule has 0 bridgehead atoms. The van der Waals surface area contributed by atoms with Gasteiger partial charge in [-0.05, 0) is 53.4 Å². The minimum Gasteiger partial charge on any atom is -0.298 e. The Morgan fingerprint density at radius 2 is 1.64 bits per heavy atom. The first kappa shape index (κ1) is 12.0. The normalized spacial score (nSPS) is 26.4. The highest BCUT2D eigenvalue weighted by Crippen LogP contribution is 2.38. The molecule has 0 aromatic heterocycles. The summed E-state index contributed by atoms with van der Waals surface area (Å²) in [6, 6.07) is 0. The SMILES string of the molecule is [CH2]CCON1C(C)(C)CCCC1(C)C. The Hall–Kier alpha value is -0.0800. The van der Waals surface area contributed by atoms with Gasteiger partial charge in [-0.3, -0.25) is 4.84 Å². The van der Waals surface area contributed by atoms with Crippen LogP contribution in [-0.4, -0.2) is 22.7 Å². The first-order valence-corrected chi connectivity index (χ1v) is 5.63. The van der Waals surface area contributed by atoms with Crippen LogP contribution in [0.25, 0.3) is 0 Å². The Kier molecular flexibility index (Phi) is 3.59. The topological polar surface area (TPSA) is 12.5 Å². The van der Waals surface area contributed by atoms with Crippen LogP contribution in [0.2, 0.25) is 0 Å². The van der Waals surface area contributed by atoms with Crippen LogP contribution in [0.15, 0.2) is 0 Å². The summed E-state index contributed by atoms with van der Waals surface area (Å²) in [5.41, 5.74) is 0.327. The average molecular weight is 198 g/mol. The van der Waals surface area contributed by atoms with Gasteiger partial charge in [0.05, 0.1) is 6.61 Å². The van der Waals surface area contributed by atoms with Gasteiger partial charge in [0.1, 0.15) is 0 Å². The number of piperidine rings is 1. The second-order valence-electron chi connectivity index (χ2n) is 5.46. The zero-order valence-corrected chi connectivity index (χ0v) is 10.1. The van der Waals surface area contributed by atoms with Gasteiger partial charge in [0.2, 0.25) is 0 Å². The molecule has 0 amide bonds. The van der Waals surface area contributed by atoms with Crippen LogP contribution >= 0.6 is 0 Å². The predicted molar refractivity (Wildman–Crippen MR) is 59.8 cm³/mol. The van der Waals surface area contributed by atoms with Crippen molar-refractivity contribution in [2.75, 3.05) is 6.61 Å². The standard InChI is InChI=1S/C12H24NO/c1-6-10-14-13-11(2,3)8-7-9-12(13,4)5/h1,6-10H2,2-5H3. The molecule has 0 aromatic rings. The van der Waals surface area contributed by atoms with E-state index in [0.717, 1.165) is 13.0 Å². The number of hydrogen-bond donors (Lipinski definition) is 0. The lowest BCUT2D eigenvalue weighted by Crippen LogP contribution is -2.58. The molecule has 14 heavy (non-hydrogen) atoms. The third kappa shape index (κ3) is 2.48. The van der Waals surface area contributed by atoms with Crippen LogP contribution in [0.3, 0.4) is 0 Å². The summed E-state index contributed by atoms with van der Waals surface area (Å²) >= 11 is 0. The van der Waals surface area contributed by atoms with Gasteiger partial charge in [0.25, 0.3) is 0 Å². The maximum absolute atomic E-state index is 5.83. The molecule has 1 radical (unpaired) electrons. The van der Waals surface area contributed by atoms with Crippen LogP contribution < -0.4 is 0 Å². The number of rotatable bonds is 3. The van der Waals surface area contributed by atoms with Crippen LogP contribution in [0, 0.1) is 6.92 Å². The first-order valence-electron chi connectivity index (χ1n) is 5.63. The van der Waals surface area contributed by atoms with E-state index in [-0.39, 0.29) is 11.1 Å². The minimum atomic E-state index is 0.164. The fourth-order valence-corrected chi connectivity index (χ4v) is 2.48. The van der Waals surface area contributed by atoms with Gasteiger partial charge in [-0.15, -0.1) is 0 Å². The summed E-state index contributed by atoms with van der Waals surface area (Å²) in [5.74, 6) is 0. The molecule has 1 aliphatic rings. The van der Waals surface area contributed by atoms with Gasteiger partial charge in [-0.25, -0.2) is 0 Å². The third-order valence-corrected chi connectivity index (χ3v) is 3.04. The molecular weight excluding hydrogens is 174 g/mol. The van der Waals surface area contributed by atoms with E-state index in [0.29, 0.717) is 0 Å². The second-order valence-corrected chi connectivity index (χ2v) is 5.46. The number of nitrogens with zero attached hydrogens (tertiary/aromatic N) is 1. The van der Waals surface area contributed by atoms with Crippen molar-refractivity contribution in [3.8, 4) is 0 Å². The third-order valence-electron chi connectivity index (χ3n) is 3.04. The molecule has 0 spiro atoms. The second kappa shape index (κ2) is 4.19. The fraction of sp³-hybridized carbons (Fsp3) is 0.917. The van der Waals surface area contributed by atoms with Crippen LogP contribution in [0.4, 0.5) is 0 Å². The average Bonchev–Trinajstić information content (AvgIpc) is 2.01. The molecule has 83 valence electrons. The minimum absolute atomic E-state index is 0.164. The van der Waals surface area contributed by atoms with E-state index in [1.807, 2.05) is 0 Å². The lowest BCUT2D eigenvalue weighted by atomic mass is 9.82. The highest BCUT2D eigenvalue weighted by Gasteiger charge is 2.42. The smallest absolute Gasteiger partial charge is 0.0685 e. The first-order chi connectivity index (χ1) is 6.40. The molecule has 1 aliphatic heterocycles. The molecule has 0 N–H and O–H groups in total. The highest BCUT2D eigenvalue weighted by atomic mass is 16.7. The largest absolute Gasteiger partial charge is 0.298 e. The van der Waals surface area contributed by atoms with Crippen molar-refractivity contribution >= 4 is 0 Å². The van der Waals surface area contributed by atoms with Gasteiger partial charge >= 0.3 is 0 Å². The molecule has 0 unspecified atom stereocenters. The van der Waals surface area contributed by atoms with Crippen molar-refractivity contribution in [3.05, 3.63) is 6.92 Å². The van der Waals surface area contributed by atoms with E-state index in [1.54, 1.807) is 0 Å². The monoisotopic (exact) mass is 198 g/mol. The Labute approximate surface area is 88.6 Å². The molecule has 1 heterocycles. The highest BCUT2D eigenvalue weighted by molar-refractivity contribution is 4.92. The van der Waals surface area contributed by atoms with Crippen molar-refractivity contribution in [2.45, 2.75) is 64.5 Å². The van der Waals surface area contributed by atoms with E-state index in [2.05, 4.69) is 39.7 Å². The van der Waals surface area contributed by atoms with E-state index in [4.69, 9.17) is 4.84 Å². The summed E-state index contributed by atoms with van der Waals surface area (Å²) in [7, 11) is 0. The van der Waals surface area contributed by atoms with Crippen molar-refractivity contribution in [1.29, 1.82) is 0 Å². The Balaban J connectivity index is 2.70. The van der Waals surface area contributed by atoms with Crippen molar-refractivity contribution < 1.29 is 4.84 Å². The molecule has 0 aliphatic carbocycles. The summed E-state index contributed by atoms with van der Waals surface area (Å²) in [6.07, 6.45) is 4.56. The summed E-state index contributed by atoms with van der Waals surface area (Å²) < 4.78 is 0. The van der Waals surface area contributed by atoms with E-state index in [1.165, 1.54) is 19.3 Å². The molecule has 2 nitrogen and oxygen atoms in total. The van der Waals surface area contributed by atoms with Crippen molar-refractivity contribution in [1.82, 2.24) is 5.06 Å². The quantitative estimate of drug-likeness (QED) is 0.690. The van der Waals surface area contributed by atoms with E-state index < -0.39 is 0 Å². The summed E-state index contributed by atoms with van der Waals surface area (Å²) in [4.78, 5) is 5.83. The van der Waals surface area contributed by atoms with Gasteiger partial charge in [-0.1, -0.05) is 6.92 Å². The van der Waals surface area contributed by atoms with E-state index >= 15 is 0 Å². The zero-order valence-electron chi connectivity index (χ0n) is 10.1. The fourth-order valence-electron chi connectivity index (χ4n) is 2.48. The molecule has 1 fully saturated rings. The van der Waals surface area contributed by atoms with E-state index in [9.17, 15) is 0 Å². The molecule has 0 aromatic carbocycles. The van der Waals surface area contributed by atoms with Gasteiger partial charge < -0.3 is 0 Å². The molecule has 1 saturated heterocycles. The zero-order chi connectivity index (χ0) is 10.8. The molecular formula is C12H24NO. The maximum Gasteiger partial charge on any atom is 0.0685 e. The maximum atomic E-state index is 5.83. The lowest BCUT2D eigenvalue weighted by molar-refractivity contribution is -0.280. The lowest BCUT2D eigenvalue weighted by Gasteiger charge is -2.51. The van der Waals surface area contributed by atoms with Crippen LogP contribution in [0.5, 0.6) is 0 Å². The Morgan fingerprint density at radius 3 is 2.07 bits per heavy atom. The predicted octanol–water partition coefficient (Wildman–Crippen LogP) is 3.19. The Bertz CT molecular complexity index is 171. The molecule has 0 saturated carbocycles. The number of hydroxylamine groups is 2. The summed E-state index contributed by atoms with van der Waals surface area (Å²) in [5, 5.41) is 2.19. The van der Waals surface area contributed by atoms with Gasteiger partial charge in [-0.2, -0.15) is 5.06 Å². The molecule has 1 rings (SSSR count). The summed E-state index contributed by atoms with van der Waals surface area (Å²) in [6.45, 7) is 13.6. The van der Waals surface area contributed by atoms with Gasteiger partial charge in [0, 0.05) is 11.1 Å². The number of hydrogen-bond acceptors (Lipinski definition) is 2. The van der Waals surface area contributed by atoms with Gasteiger partial charge in [0.15, 0.2) is 0 Å². The van der Waals surface area contributed by atoms with Crippen LogP contribution in [0.1, 0.15) is 53.4 Å².